The van der Waals surface area contributed by atoms with Crippen LogP contribution in [0, 0.1) is 18.2 Å². The zero-order valence-electron chi connectivity index (χ0n) is 19.4. The molecule has 4 rings (SSSR count). The fraction of sp³-hybridized carbons (Fsp3) is 0.500. The Labute approximate surface area is 197 Å². The maximum Gasteiger partial charge on any atom is 0.430 e. The zero-order chi connectivity index (χ0) is 24.6. The first-order valence-electron chi connectivity index (χ1n) is 11.6. The molecule has 2 aliphatic heterocycles. The lowest BCUT2D eigenvalue weighted by Gasteiger charge is -2.51. The van der Waals surface area contributed by atoms with Gasteiger partial charge in [-0.25, -0.2) is 4.39 Å². The van der Waals surface area contributed by atoms with Crippen LogP contribution in [-0.4, -0.2) is 50.3 Å². The quantitative estimate of drug-likeness (QED) is 0.634. The maximum atomic E-state index is 14.4. The zero-order valence-corrected chi connectivity index (χ0v) is 19.4. The predicted octanol–water partition coefficient (Wildman–Crippen LogP) is 4.92. The van der Waals surface area contributed by atoms with Crippen LogP contribution in [0.3, 0.4) is 0 Å². The molecule has 1 spiro atoms. The van der Waals surface area contributed by atoms with Gasteiger partial charge in [0.25, 0.3) is 11.5 Å². The lowest BCUT2D eigenvalue weighted by molar-refractivity contribution is -0.271. The minimum atomic E-state index is -4.93. The van der Waals surface area contributed by atoms with Crippen molar-refractivity contribution in [3.8, 4) is 0 Å². The summed E-state index contributed by atoms with van der Waals surface area (Å²) in [4.78, 5) is 14.7. The van der Waals surface area contributed by atoms with E-state index in [1.165, 1.54) is 35.2 Å². The number of hydrogen-bond donors (Lipinski definition) is 1. The number of nitrogens with zero attached hydrogens (tertiary/aromatic N) is 1. The molecule has 0 radical (unpaired) electrons. The van der Waals surface area contributed by atoms with Gasteiger partial charge in [0.1, 0.15) is 5.82 Å². The van der Waals surface area contributed by atoms with Crippen LogP contribution in [0.15, 0.2) is 48.5 Å². The molecular weight excluding hydrogens is 448 g/mol. The third-order valence-electron chi connectivity index (χ3n) is 7.74. The van der Waals surface area contributed by atoms with Crippen molar-refractivity contribution < 1.29 is 27.1 Å². The summed E-state index contributed by atoms with van der Waals surface area (Å²) in [6, 6.07) is 11.9. The molecule has 1 amide bonds. The van der Waals surface area contributed by atoms with Crippen LogP contribution in [-0.2, 0) is 15.1 Å². The number of carbonyl (C=O) groups is 1. The van der Waals surface area contributed by atoms with Gasteiger partial charge in [0, 0.05) is 38.2 Å². The SMILES string of the molecule is CO[C@@](C(=O)N1CCC2(CCNCC2c2cc(F)ccc2C)CC1)(c1ccccc1)C(F)(F)F. The largest absolute Gasteiger partial charge is 0.430 e. The van der Waals surface area contributed by atoms with Gasteiger partial charge in [-0.1, -0.05) is 36.4 Å². The van der Waals surface area contributed by atoms with E-state index in [1.54, 1.807) is 18.2 Å². The highest BCUT2D eigenvalue weighted by Gasteiger charge is 2.64. The van der Waals surface area contributed by atoms with Gasteiger partial charge in [-0.2, -0.15) is 13.2 Å². The van der Waals surface area contributed by atoms with Crippen molar-refractivity contribution in [3.05, 3.63) is 71.0 Å². The van der Waals surface area contributed by atoms with Gasteiger partial charge in [-0.3, -0.25) is 4.79 Å². The monoisotopic (exact) mass is 478 g/mol. The lowest BCUT2D eigenvalue weighted by Crippen LogP contribution is -2.59. The van der Waals surface area contributed by atoms with Crippen LogP contribution < -0.4 is 5.32 Å². The van der Waals surface area contributed by atoms with Gasteiger partial charge in [-0.15, -0.1) is 0 Å². The highest BCUT2D eigenvalue weighted by atomic mass is 19.4. The Morgan fingerprint density at radius 2 is 1.76 bits per heavy atom. The summed E-state index contributed by atoms with van der Waals surface area (Å²) in [5.41, 5.74) is -1.57. The first kappa shape index (κ1) is 24.7. The van der Waals surface area contributed by atoms with Gasteiger partial charge >= 0.3 is 6.18 Å². The molecular formula is C26H30F4N2O2. The highest BCUT2D eigenvalue weighted by Crippen LogP contribution is 2.50. The summed E-state index contributed by atoms with van der Waals surface area (Å²) in [5, 5.41) is 3.39. The number of rotatable bonds is 4. The number of ether oxygens (including phenoxy) is 1. The first-order valence-corrected chi connectivity index (χ1v) is 11.6. The number of hydrogen-bond acceptors (Lipinski definition) is 3. The number of benzene rings is 2. The molecule has 2 aliphatic rings. The normalized spacial score (nSPS) is 22.4. The Kier molecular flexibility index (Phi) is 6.75. The van der Waals surface area contributed by atoms with E-state index >= 15 is 0 Å². The molecule has 2 saturated heterocycles. The van der Waals surface area contributed by atoms with E-state index in [9.17, 15) is 22.4 Å². The molecule has 2 heterocycles. The molecule has 1 unspecified atom stereocenters. The molecule has 0 aromatic heterocycles. The first-order chi connectivity index (χ1) is 16.1. The van der Waals surface area contributed by atoms with Crippen molar-refractivity contribution in [2.75, 3.05) is 33.3 Å². The Morgan fingerprint density at radius 1 is 1.09 bits per heavy atom. The van der Waals surface area contributed by atoms with Gasteiger partial charge in [0.05, 0.1) is 0 Å². The summed E-state index contributed by atoms with van der Waals surface area (Å²) >= 11 is 0. The number of halogens is 4. The van der Waals surface area contributed by atoms with Crippen molar-refractivity contribution in [1.82, 2.24) is 10.2 Å². The van der Waals surface area contributed by atoms with Crippen molar-refractivity contribution in [3.63, 3.8) is 0 Å². The van der Waals surface area contributed by atoms with Gasteiger partial charge in [0.2, 0.25) is 0 Å². The minimum Gasteiger partial charge on any atom is -0.356 e. The number of alkyl halides is 3. The van der Waals surface area contributed by atoms with E-state index in [2.05, 4.69) is 5.32 Å². The second-order valence-electron chi connectivity index (χ2n) is 9.41. The number of methoxy groups -OCH3 is 1. The van der Waals surface area contributed by atoms with Crippen molar-refractivity contribution in [2.24, 2.45) is 5.41 Å². The summed E-state index contributed by atoms with van der Waals surface area (Å²) in [5.74, 6) is -1.36. The van der Waals surface area contributed by atoms with Crippen molar-refractivity contribution in [2.45, 2.75) is 43.9 Å². The Hall–Kier alpha value is -2.45. The van der Waals surface area contributed by atoms with Crippen LogP contribution in [0.1, 0.15) is 41.9 Å². The Morgan fingerprint density at radius 3 is 2.38 bits per heavy atom. The molecule has 34 heavy (non-hydrogen) atoms. The van der Waals surface area contributed by atoms with Crippen LogP contribution in [0.2, 0.25) is 0 Å². The second-order valence-corrected chi connectivity index (χ2v) is 9.41. The fourth-order valence-electron chi connectivity index (χ4n) is 5.78. The van der Waals surface area contributed by atoms with Crippen LogP contribution >= 0.6 is 0 Å². The average molecular weight is 479 g/mol. The molecule has 0 bridgehead atoms. The number of likely N-dealkylation sites (tertiary alicyclic amines) is 1. The summed E-state index contributed by atoms with van der Waals surface area (Å²) in [6.07, 6.45) is -3.00. The standard InChI is InChI=1S/C26H30F4N2O2/c1-18-8-9-20(27)16-21(18)22-17-31-13-10-24(22)11-14-32(15-12-24)23(33)25(34-2,26(28,29)30)19-6-4-3-5-7-19/h3-9,16,22,31H,10-15,17H2,1-2H3/t22?,25-/m1/s1. The number of amides is 1. The van der Waals surface area contributed by atoms with Gasteiger partial charge < -0.3 is 15.0 Å². The molecule has 4 nitrogen and oxygen atoms in total. The van der Waals surface area contributed by atoms with Crippen LogP contribution in [0.5, 0.6) is 0 Å². The number of carbonyl (C=O) groups excluding carboxylic acids is 1. The molecule has 8 heteroatoms. The average Bonchev–Trinajstić information content (AvgIpc) is 2.82. The Bertz CT molecular complexity index is 1020. The van der Waals surface area contributed by atoms with Crippen molar-refractivity contribution >= 4 is 5.91 Å². The molecule has 1 N–H and O–H groups in total. The lowest BCUT2D eigenvalue weighted by atomic mass is 9.62. The van der Waals surface area contributed by atoms with E-state index in [0.717, 1.165) is 31.2 Å². The number of piperidine rings is 2. The van der Waals surface area contributed by atoms with E-state index < -0.39 is 17.7 Å². The summed E-state index contributed by atoms with van der Waals surface area (Å²) < 4.78 is 62.2. The topological polar surface area (TPSA) is 41.6 Å². The molecule has 2 fully saturated rings. The van der Waals surface area contributed by atoms with E-state index in [4.69, 9.17) is 4.74 Å². The smallest absolute Gasteiger partial charge is 0.356 e. The van der Waals surface area contributed by atoms with Gasteiger partial charge in [-0.05, 0) is 61.4 Å². The molecule has 0 saturated carbocycles. The molecule has 2 atom stereocenters. The third kappa shape index (κ3) is 4.11. The van der Waals surface area contributed by atoms with Crippen molar-refractivity contribution in [1.29, 1.82) is 0 Å². The van der Waals surface area contributed by atoms with Gasteiger partial charge in [0.15, 0.2) is 0 Å². The molecule has 2 aromatic carbocycles. The molecule has 0 aliphatic carbocycles. The number of aryl methyl sites for hydroxylation is 1. The third-order valence-corrected chi connectivity index (χ3v) is 7.74. The maximum absolute atomic E-state index is 14.4. The number of nitrogens with one attached hydrogen (secondary N) is 1. The highest BCUT2D eigenvalue weighted by molar-refractivity contribution is 5.88. The molecule has 2 aromatic rings. The molecule has 184 valence electrons. The predicted molar refractivity (Wildman–Crippen MR) is 121 cm³/mol. The summed E-state index contributed by atoms with van der Waals surface area (Å²) in [7, 11) is 0.930. The van der Waals surface area contributed by atoms with E-state index in [1.807, 2.05) is 6.92 Å². The Balaban J connectivity index is 1.62. The van der Waals surface area contributed by atoms with Crippen LogP contribution in [0.4, 0.5) is 17.6 Å². The minimum absolute atomic E-state index is 0.0260. The van der Waals surface area contributed by atoms with Crippen LogP contribution in [0.25, 0.3) is 0 Å². The second kappa shape index (κ2) is 9.30. The fourth-order valence-corrected chi connectivity index (χ4v) is 5.78. The summed E-state index contributed by atoms with van der Waals surface area (Å²) in [6.45, 7) is 3.79. The van der Waals surface area contributed by atoms with E-state index in [-0.39, 0.29) is 35.8 Å². The van der Waals surface area contributed by atoms with E-state index in [0.29, 0.717) is 19.4 Å².